The third-order valence-corrected chi connectivity index (χ3v) is 2.40. The van der Waals surface area contributed by atoms with Gasteiger partial charge in [-0.05, 0) is 18.3 Å². The van der Waals surface area contributed by atoms with Gasteiger partial charge in [0.15, 0.2) is 0 Å². The van der Waals surface area contributed by atoms with Gasteiger partial charge >= 0.3 is 0 Å². The van der Waals surface area contributed by atoms with Crippen molar-refractivity contribution in [3.05, 3.63) is 0 Å². The van der Waals surface area contributed by atoms with Crippen molar-refractivity contribution in [2.75, 3.05) is 0 Å². The van der Waals surface area contributed by atoms with E-state index in [1.165, 1.54) is 6.42 Å². The highest BCUT2D eigenvalue weighted by Gasteiger charge is 2.43. The van der Waals surface area contributed by atoms with Gasteiger partial charge in [0.05, 0.1) is 11.9 Å². The predicted octanol–water partition coefficient (Wildman–Crippen LogP) is 1.19. The summed E-state index contributed by atoms with van der Waals surface area (Å²) in [5, 5.41) is 0. The Morgan fingerprint density at radius 2 is 2.30 bits per heavy atom. The van der Waals surface area contributed by atoms with Crippen LogP contribution in [0.15, 0.2) is 4.99 Å². The molecule has 3 atom stereocenters. The molecule has 1 unspecified atom stereocenters. The quantitative estimate of drug-likeness (QED) is 0.568. The zero-order chi connectivity index (χ0) is 6.43. The fraction of sp³-hybridized carbons (Fsp3) is 0.857. The number of amidine groups is 1. The van der Waals surface area contributed by atoms with Crippen LogP contribution < -0.4 is 5.73 Å². The maximum absolute atomic E-state index is 5.59. The van der Waals surface area contributed by atoms with Gasteiger partial charge in [-0.25, -0.2) is 0 Å². The summed E-state index contributed by atoms with van der Waals surface area (Å²) in [5.41, 5.74) is 5.59. The number of aliphatic imine (C=N–C) groups is 1. The fourth-order valence-electron chi connectivity index (χ4n) is 1.71. The minimum atomic E-state index is 0. The minimum Gasteiger partial charge on any atom is -0.387 e. The van der Waals surface area contributed by atoms with E-state index in [0.717, 1.165) is 24.1 Å². The number of fused-ring (bicyclic) bond motifs is 1. The van der Waals surface area contributed by atoms with Crippen molar-refractivity contribution in [3.63, 3.8) is 0 Å². The second kappa shape index (κ2) is 2.42. The maximum atomic E-state index is 5.59. The van der Waals surface area contributed by atoms with Gasteiger partial charge in [0, 0.05) is 6.42 Å². The third-order valence-electron chi connectivity index (χ3n) is 2.40. The number of halogens is 1. The summed E-state index contributed by atoms with van der Waals surface area (Å²) < 4.78 is 0. The molecule has 2 nitrogen and oxygen atoms in total. The number of nitrogens with two attached hydrogens (primary N) is 1. The fourth-order valence-corrected chi connectivity index (χ4v) is 1.71. The first kappa shape index (κ1) is 7.86. The van der Waals surface area contributed by atoms with Crippen LogP contribution in [0.25, 0.3) is 0 Å². The number of rotatable bonds is 0. The summed E-state index contributed by atoms with van der Waals surface area (Å²) in [5.74, 6) is 2.56. The van der Waals surface area contributed by atoms with Crippen LogP contribution in [0.3, 0.4) is 0 Å². The molecule has 0 aromatic heterocycles. The first-order valence-electron chi connectivity index (χ1n) is 3.59. The summed E-state index contributed by atoms with van der Waals surface area (Å²) >= 11 is 0. The molecular formula is C7H13ClN2. The van der Waals surface area contributed by atoms with Gasteiger partial charge in [-0.3, -0.25) is 4.99 Å². The lowest BCUT2D eigenvalue weighted by Crippen LogP contribution is -2.22. The van der Waals surface area contributed by atoms with Gasteiger partial charge in [-0.2, -0.15) is 0 Å². The Kier molecular flexibility index (Phi) is 1.90. The van der Waals surface area contributed by atoms with Crippen molar-refractivity contribution < 1.29 is 0 Å². The second-order valence-corrected chi connectivity index (χ2v) is 3.27. The molecule has 58 valence electrons. The first-order chi connectivity index (χ1) is 4.27. The molecule has 0 saturated heterocycles. The summed E-state index contributed by atoms with van der Waals surface area (Å²) in [6, 6.07) is 0.619. The van der Waals surface area contributed by atoms with Crippen LogP contribution in [0.1, 0.15) is 19.8 Å². The summed E-state index contributed by atoms with van der Waals surface area (Å²) in [6.07, 6.45) is 2.32. The SMILES string of the molecule is CC1CC(N)=N[C@@H]2C[C@@H]12.Cl. The van der Waals surface area contributed by atoms with Crippen molar-refractivity contribution in [1.29, 1.82) is 0 Å². The summed E-state index contributed by atoms with van der Waals surface area (Å²) in [4.78, 5) is 4.30. The van der Waals surface area contributed by atoms with Crippen molar-refractivity contribution in [1.82, 2.24) is 0 Å². The molecule has 0 radical (unpaired) electrons. The van der Waals surface area contributed by atoms with Crippen molar-refractivity contribution in [2.45, 2.75) is 25.8 Å². The van der Waals surface area contributed by atoms with Crippen LogP contribution >= 0.6 is 12.4 Å². The molecule has 0 spiro atoms. The highest BCUT2D eigenvalue weighted by molar-refractivity contribution is 5.85. The zero-order valence-electron chi connectivity index (χ0n) is 6.08. The van der Waals surface area contributed by atoms with E-state index >= 15 is 0 Å². The average molecular weight is 161 g/mol. The van der Waals surface area contributed by atoms with E-state index in [2.05, 4.69) is 11.9 Å². The molecule has 1 aliphatic heterocycles. The Balaban J connectivity index is 0.000000500. The van der Waals surface area contributed by atoms with Gasteiger partial charge in [-0.1, -0.05) is 6.92 Å². The van der Waals surface area contributed by atoms with Crippen LogP contribution in [-0.4, -0.2) is 11.9 Å². The van der Waals surface area contributed by atoms with Crippen molar-refractivity contribution in [3.8, 4) is 0 Å². The van der Waals surface area contributed by atoms with E-state index in [1.807, 2.05) is 0 Å². The smallest absolute Gasteiger partial charge is 0.0943 e. The van der Waals surface area contributed by atoms with Gasteiger partial charge in [-0.15, -0.1) is 12.4 Å². The van der Waals surface area contributed by atoms with E-state index in [1.54, 1.807) is 0 Å². The van der Waals surface area contributed by atoms with Crippen LogP contribution in [-0.2, 0) is 0 Å². The molecule has 2 aliphatic rings. The highest BCUT2D eigenvalue weighted by atomic mass is 35.5. The molecular weight excluding hydrogens is 148 g/mol. The van der Waals surface area contributed by atoms with Crippen molar-refractivity contribution in [2.24, 2.45) is 22.6 Å². The van der Waals surface area contributed by atoms with Crippen LogP contribution in [0.2, 0.25) is 0 Å². The molecule has 0 aromatic rings. The highest BCUT2D eigenvalue weighted by Crippen LogP contribution is 2.44. The standard InChI is InChI=1S/C7H12N2.ClH/c1-4-2-7(8)9-6-3-5(4)6;/h4-6H,2-3H2,1H3,(H2,8,9);1H/t4?,5-,6+;/m0./s1. The van der Waals surface area contributed by atoms with Gasteiger partial charge in [0.1, 0.15) is 0 Å². The molecule has 10 heavy (non-hydrogen) atoms. The van der Waals surface area contributed by atoms with E-state index < -0.39 is 0 Å². The Labute approximate surface area is 67.3 Å². The van der Waals surface area contributed by atoms with E-state index in [-0.39, 0.29) is 12.4 Å². The Hall–Kier alpha value is -0.240. The second-order valence-electron chi connectivity index (χ2n) is 3.27. The molecule has 0 bridgehead atoms. The van der Waals surface area contributed by atoms with Crippen molar-refractivity contribution >= 4 is 18.2 Å². The predicted molar refractivity (Wildman–Crippen MR) is 44.5 cm³/mol. The van der Waals surface area contributed by atoms with Gasteiger partial charge in [0.25, 0.3) is 0 Å². The number of hydrogen-bond donors (Lipinski definition) is 1. The summed E-state index contributed by atoms with van der Waals surface area (Å²) in [7, 11) is 0. The average Bonchev–Trinajstić information content (AvgIpc) is 2.43. The van der Waals surface area contributed by atoms with Crippen LogP contribution in [0, 0.1) is 11.8 Å². The van der Waals surface area contributed by atoms with Gasteiger partial charge < -0.3 is 5.73 Å². The van der Waals surface area contributed by atoms with Crippen LogP contribution in [0.5, 0.6) is 0 Å². The maximum Gasteiger partial charge on any atom is 0.0943 e. The van der Waals surface area contributed by atoms with Gasteiger partial charge in [0.2, 0.25) is 0 Å². The molecule has 0 amide bonds. The Morgan fingerprint density at radius 3 is 2.90 bits per heavy atom. The molecule has 1 heterocycles. The zero-order valence-corrected chi connectivity index (χ0v) is 6.90. The number of nitrogens with zero attached hydrogens (tertiary/aromatic N) is 1. The Bertz CT molecular complexity index is 167. The topological polar surface area (TPSA) is 38.4 Å². The molecule has 2 N–H and O–H groups in total. The lowest BCUT2D eigenvalue weighted by Gasteiger charge is -2.13. The monoisotopic (exact) mass is 160 g/mol. The molecule has 3 heteroatoms. The van der Waals surface area contributed by atoms with E-state index in [9.17, 15) is 0 Å². The molecule has 1 aliphatic carbocycles. The minimum absolute atomic E-state index is 0. The van der Waals surface area contributed by atoms with Crippen LogP contribution in [0.4, 0.5) is 0 Å². The molecule has 0 aromatic carbocycles. The van der Waals surface area contributed by atoms with E-state index in [4.69, 9.17) is 5.73 Å². The molecule has 1 fully saturated rings. The number of hydrogen-bond acceptors (Lipinski definition) is 2. The summed E-state index contributed by atoms with van der Waals surface area (Å²) in [6.45, 7) is 2.27. The first-order valence-corrected chi connectivity index (χ1v) is 3.59. The Morgan fingerprint density at radius 1 is 1.60 bits per heavy atom. The normalized spacial score (nSPS) is 42.9. The molecule has 2 rings (SSSR count). The largest absolute Gasteiger partial charge is 0.387 e. The third kappa shape index (κ3) is 1.12. The molecule has 1 saturated carbocycles. The lowest BCUT2D eigenvalue weighted by atomic mass is 9.99. The van der Waals surface area contributed by atoms with E-state index in [0.29, 0.717) is 6.04 Å². The lowest BCUT2D eigenvalue weighted by molar-refractivity contribution is 0.498.